The maximum Gasteiger partial charge on any atom is 0.141 e. The highest BCUT2D eigenvalue weighted by molar-refractivity contribution is 5.81. The van der Waals surface area contributed by atoms with Crippen LogP contribution in [0, 0.1) is 13.8 Å². The monoisotopic (exact) mass is 203 g/mol. The molecule has 0 aromatic carbocycles. The molecule has 15 heavy (non-hydrogen) atoms. The third kappa shape index (κ3) is 1.81. The zero-order valence-electron chi connectivity index (χ0n) is 9.05. The van der Waals surface area contributed by atoms with E-state index in [1.165, 1.54) is 11.4 Å². The minimum atomic E-state index is 1.11. The summed E-state index contributed by atoms with van der Waals surface area (Å²) < 4.78 is 3.70. The third-order valence-corrected chi connectivity index (χ3v) is 2.55. The Balaban J connectivity index is 2.28. The topological polar surface area (TPSA) is 48.0 Å². The first-order valence-corrected chi connectivity index (χ1v) is 4.70. The number of aromatic nitrogens is 4. The van der Waals surface area contributed by atoms with Crippen LogP contribution in [0.15, 0.2) is 23.8 Å². The number of nitrogens with zero attached hydrogens (tertiary/aromatic N) is 5. The van der Waals surface area contributed by atoms with Crippen LogP contribution < -0.4 is 0 Å². The molecule has 2 aromatic rings. The van der Waals surface area contributed by atoms with E-state index < -0.39 is 0 Å². The molecule has 2 rings (SSSR count). The Labute approximate surface area is 88.1 Å². The molecule has 5 nitrogen and oxygen atoms in total. The lowest BCUT2D eigenvalue weighted by atomic mass is 10.3. The van der Waals surface area contributed by atoms with Crippen molar-refractivity contribution in [2.24, 2.45) is 12.1 Å². The van der Waals surface area contributed by atoms with E-state index in [0.717, 1.165) is 5.56 Å². The van der Waals surface area contributed by atoms with Crippen LogP contribution in [0.4, 0.5) is 0 Å². The van der Waals surface area contributed by atoms with Gasteiger partial charge in [0, 0.05) is 24.0 Å². The van der Waals surface area contributed by atoms with Gasteiger partial charge in [0.25, 0.3) is 0 Å². The van der Waals surface area contributed by atoms with Gasteiger partial charge in [-0.1, -0.05) is 0 Å². The summed E-state index contributed by atoms with van der Waals surface area (Å²) >= 11 is 0. The lowest BCUT2D eigenvalue weighted by Gasteiger charge is -1.98. The van der Waals surface area contributed by atoms with Crippen LogP contribution >= 0.6 is 0 Å². The minimum Gasteiger partial charge on any atom is -0.352 e. The second-order valence-electron chi connectivity index (χ2n) is 3.47. The van der Waals surface area contributed by atoms with Gasteiger partial charge in [0.15, 0.2) is 0 Å². The molecule has 0 aliphatic heterocycles. The molecular weight excluding hydrogens is 190 g/mol. The zero-order valence-corrected chi connectivity index (χ0v) is 9.05. The second kappa shape index (κ2) is 3.68. The lowest BCUT2D eigenvalue weighted by molar-refractivity contribution is 0.842. The Kier molecular flexibility index (Phi) is 2.37. The van der Waals surface area contributed by atoms with Gasteiger partial charge in [0.05, 0.1) is 6.21 Å². The summed E-state index contributed by atoms with van der Waals surface area (Å²) in [5.41, 5.74) is 3.53. The van der Waals surface area contributed by atoms with Crippen LogP contribution in [-0.4, -0.2) is 25.7 Å². The fourth-order valence-corrected chi connectivity index (χ4v) is 1.40. The molecular formula is C10H13N5. The van der Waals surface area contributed by atoms with Crippen molar-refractivity contribution in [2.75, 3.05) is 0 Å². The van der Waals surface area contributed by atoms with E-state index in [2.05, 4.69) is 39.8 Å². The molecule has 5 heteroatoms. The van der Waals surface area contributed by atoms with Crippen molar-refractivity contribution in [3.8, 4) is 0 Å². The van der Waals surface area contributed by atoms with Crippen molar-refractivity contribution in [2.45, 2.75) is 13.8 Å². The molecule has 78 valence electrons. The summed E-state index contributed by atoms with van der Waals surface area (Å²) in [7, 11) is 2.04. The number of hydrogen-bond donors (Lipinski definition) is 0. The van der Waals surface area contributed by atoms with Gasteiger partial charge in [-0.25, -0.2) is 4.68 Å². The van der Waals surface area contributed by atoms with Crippen molar-refractivity contribution in [3.63, 3.8) is 0 Å². The predicted octanol–water partition coefficient (Wildman–Crippen LogP) is 1.12. The van der Waals surface area contributed by atoms with Crippen molar-refractivity contribution >= 4 is 6.21 Å². The van der Waals surface area contributed by atoms with Gasteiger partial charge in [-0.05, 0) is 19.9 Å². The molecule has 0 bridgehead atoms. The van der Waals surface area contributed by atoms with E-state index in [0.29, 0.717) is 0 Å². The highest BCUT2D eigenvalue weighted by Crippen LogP contribution is 2.10. The largest absolute Gasteiger partial charge is 0.352 e. The van der Waals surface area contributed by atoms with Crippen LogP contribution in [0.2, 0.25) is 0 Å². The van der Waals surface area contributed by atoms with Crippen LogP contribution in [0.25, 0.3) is 0 Å². The second-order valence-corrected chi connectivity index (χ2v) is 3.47. The Morgan fingerprint density at radius 2 is 1.93 bits per heavy atom. The maximum atomic E-state index is 4.21. The van der Waals surface area contributed by atoms with Gasteiger partial charge >= 0.3 is 0 Å². The average Bonchev–Trinajstić information content (AvgIpc) is 2.80. The minimum absolute atomic E-state index is 1.11. The molecule has 0 amide bonds. The number of hydrogen-bond acceptors (Lipinski definition) is 3. The summed E-state index contributed by atoms with van der Waals surface area (Å²) in [5, 5.41) is 11.6. The van der Waals surface area contributed by atoms with E-state index in [9.17, 15) is 0 Å². The van der Waals surface area contributed by atoms with Crippen LogP contribution in [0.3, 0.4) is 0 Å². The lowest BCUT2D eigenvalue weighted by Crippen LogP contribution is -1.94. The molecule has 2 aromatic heterocycles. The summed E-state index contributed by atoms with van der Waals surface area (Å²) in [5.74, 6) is 0. The Bertz CT molecular complexity index is 478. The summed E-state index contributed by atoms with van der Waals surface area (Å²) in [6, 6.07) is 2.10. The van der Waals surface area contributed by atoms with E-state index in [1.54, 1.807) is 17.3 Å². The SMILES string of the molecule is Cc1cc(/C=N\n2cnnc2)c(C)n1C. The molecule has 2 heterocycles. The molecule has 0 saturated heterocycles. The van der Waals surface area contributed by atoms with Gasteiger partial charge in [-0.3, -0.25) is 0 Å². The first-order chi connectivity index (χ1) is 7.18. The average molecular weight is 203 g/mol. The Morgan fingerprint density at radius 3 is 2.47 bits per heavy atom. The number of rotatable bonds is 2. The fourth-order valence-electron chi connectivity index (χ4n) is 1.40. The number of aryl methyl sites for hydroxylation is 1. The van der Waals surface area contributed by atoms with Crippen molar-refractivity contribution in [1.29, 1.82) is 0 Å². The highest BCUT2D eigenvalue weighted by atomic mass is 15.4. The van der Waals surface area contributed by atoms with E-state index in [4.69, 9.17) is 0 Å². The zero-order chi connectivity index (χ0) is 10.8. The van der Waals surface area contributed by atoms with E-state index in [1.807, 2.05) is 13.3 Å². The fraction of sp³-hybridized carbons (Fsp3) is 0.300. The van der Waals surface area contributed by atoms with Crippen molar-refractivity contribution in [1.82, 2.24) is 19.4 Å². The standard InChI is InChI=1S/C10H13N5/c1-8-4-10(9(2)14(8)3)5-13-15-6-11-12-7-15/h4-7H,1-3H3/b13-5-. The Hall–Kier alpha value is -1.91. The van der Waals surface area contributed by atoms with Crippen LogP contribution in [0.1, 0.15) is 17.0 Å². The molecule has 0 atom stereocenters. The summed E-state index contributed by atoms with van der Waals surface area (Å²) in [6.45, 7) is 4.14. The van der Waals surface area contributed by atoms with Gasteiger partial charge in [-0.15, -0.1) is 10.2 Å². The van der Waals surface area contributed by atoms with Crippen molar-refractivity contribution < 1.29 is 0 Å². The summed E-state index contributed by atoms with van der Waals surface area (Å²) in [4.78, 5) is 0. The van der Waals surface area contributed by atoms with Gasteiger partial charge < -0.3 is 4.57 Å². The molecule has 0 radical (unpaired) electrons. The molecule has 0 saturated carbocycles. The quantitative estimate of drug-likeness (QED) is 0.686. The molecule has 0 aliphatic rings. The molecule has 0 aliphatic carbocycles. The van der Waals surface area contributed by atoms with Crippen LogP contribution in [0.5, 0.6) is 0 Å². The summed E-state index contributed by atoms with van der Waals surface area (Å²) in [6.07, 6.45) is 4.93. The Morgan fingerprint density at radius 1 is 1.27 bits per heavy atom. The van der Waals surface area contributed by atoms with Gasteiger partial charge in [0.2, 0.25) is 0 Å². The smallest absolute Gasteiger partial charge is 0.141 e. The van der Waals surface area contributed by atoms with Crippen molar-refractivity contribution in [3.05, 3.63) is 35.7 Å². The van der Waals surface area contributed by atoms with Crippen LogP contribution in [-0.2, 0) is 7.05 Å². The highest BCUT2D eigenvalue weighted by Gasteiger charge is 2.02. The maximum absolute atomic E-state index is 4.21. The third-order valence-electron chi connectivity index (χ3n) is 2.55. The normalized spacial score (nSPS) is 11.4. The molecule has 0 spiro atoms. The molecule has 0 unspecified atom stereocenters. The molecule has 0 N–H and O–H groups in total. The predicted molar refractivity (Wildman–Crippen MR) is 57.9 cm³/mol. The van der Waals surface area contributed by atoms with Gasteiger partial charge in [0.1, 0.15) is 12.7 Å². The molecule has 0 fully saturated rings. The van der Waals surface area contributed by atoms with E-state index >= 15 is 0 Å². The first-order valence-electron chi connectivity index (χ1n) is 4.70. The van der Waals surface area contributed by atoms with Gasteiger partial charge in [-0.2, -0.15) is 5.10 Å². The first kappa shape index (κ1) is 9.64. The van der Waals surface area contributed by atoms with E-state index in [-0.39, 0.29) is 0 Å².